The number of nitrogens with one attached hydrogen (secondary N) is 2. The van der Waals surface area contributed by atoms with Crippen LogP contribution in [0.5, 0.6) is 0 Å². The molecular weight excluding hydrogens is 456 g/mol. The van der Waals surface area contributed by atoms with E-state index in [1.807, 2.05) is 12.1 Å². The molecule has 34 heavy (non-hydrogen) atoms. The van der Waals surface area contributed by atoms with Crippen LogP contribution in [0.25, 0.3) is 0 Å². The van der Waals surface area contributed by atoms with Crippen LogP contribution in [0.15, 0.2) is 29.2 Å². The standard InChI is InChI=1S/C24H34N4O5S/c29-17-20-10-6-13-28(20)23(30)15-25-24(31)26-21(18-7-2-1-3-8-18)16-27-14-12-19-9-4-5-11-22(19)34(27,32)33/h4-5,9,11,17-18,20-21H,1-3,6-8,10,12-16H2,(H2,25,26,31). The molecular formula is C24H34N4O5S. The lowest BCUT2D eigenvalue weighted by Crippen LogP contribution is -2.54. The Kier molecular flexibility index (Phi) is 7.88. The van der Waals surface area contributed by atoms with E-state index in [4.69, 9.17) is 0 Å². The molecule has 2 atom stereocenters. The molecule has 0 aromatic heterocycles. The number of sulfonamides is 1. The van der Waals surface area contributed by atoms with E-state index in [1.165, 1.54) is 9.21 Å². The van der Waals surface area contributed by atoms with Crippen molar-refractivity contribution in [2.24, 2.45) is 5.92 Å². The van der Waals surface area contributed by atoms with Crippen molar-refractivity contribution in [3.05, 3.63) is 29.8 Å². The zero-order chi connectivity index (χ0) is 24.1. The Morgan fingerprint density at radius 2 is 1.82 bits per heavy atom. The molecule has 1 aromatic rings. The average Bonchev–Trinajstić information content (AvgIpc) is 3.33. The van der Waals surface area contributed by atoms with Gasteiger partial charge in [0.1, 0.15) is 6.29 Å². The molecule has 1 saturated carbocycles. The first-order valence-electron chi connectivity index (χ1n) is 12.3. The van der Waals surface area contributed by atoms with Crippen LogP contribution in [0, 0.1) is 5.92 Å². The van der Waals surface area contributed by atoms with E-state index in [9.17, 15) is 22.8 Å². The molecule has 10 heteroatoms. The van der Waals surface area contributed by atoms with Crippen LogP contribution in [0.4, 0.5) is 4.79 Å². The van der Waals surface area contributed by atoms with Gasteiger partial charge in [0.15, 0.2) is 0 Å². The van der Waals surface area contributed by atoms with E-state index in [0.29, 0.717) is 30.8 Å². The summed E-state index contributed by atoms with van der Waals surface area (Å²) in [6.45, 7) is 0.919. The first kappa shape index (κ1) is 24.7. The Morgan fingerprint density at radius 3 is 2.59 bits per heavy atom. The molecule has 9 nitrogen and oxygen atoms in total. The van der Waals surface area contributed by atoms with Gasteiger partial charge in [0.2, 0.25) is 15.9 Å². The molecule has 0 bridgehead atoms. The van der Waals surface area contributed by atoms with Crippen molar-refractivity contribution in [3.8, 4) is 0 Å². The highest BCUT2D eigenvalue weighted by Gasteiger charge is 2.36. The van der Waals surface area contributed by atoms with Gasteiger partial charge < -0.3 is 20.3 Å². The van der Waals surface area contributed by atoms with Gasteiger partial charge in [-0.3, -0.25) is 4.79 Å². The maximum atomic E-state index is 13.2. The molecule has 186 valence electrons. The van der Waals surface area contributed by atoms with Crippen molar-refractivity contribution >= 4 is 28.2 Å². The number of aldehydes is 1. The van der Waals surface area contributed by atoms with Crippen LogP contribution in [-0.4, -0.2) is 74.1 Å². The van der Waals surface area contributed by atoms with Crippen molar-refractivity contribution in [1.29, 1.82) is 0 Å². The molecule has 2 aliphatic heterocycles. The van der Waals surface area contributed by atoms with Crippen LogP contribution in [0.3, 0.4) is 0 Å². The van der Waals surface area contributed by atoms with Gasteiger partial charge >= 0.3 is 6.03 Å². The van der Waals surface area contributed by atoms with Crippen molar-refractivity contribution in [3.63, 3.8) is 0 Å². The number of hydrogen-bond donors (Lipinski definition) is 2. The molecule has 3 amide bonds. The molecule has 2 unspecified atom stereocenters. The molecule has 2 fully saturated rings. The number of benzene rings is 1. The van der Waals surface area contributed by atoms with Gasteiger partial charge in [0, 0.05) is 25.7 Å². The van der Waals surface area contributed by atoms with Crippen LogP contribution in [0.1, 0.15) is 50.5 Å². The number of rotatable bonds is 7. The largest absolute Gasteiger partial charge is 0.334 e. The number of amides is 3. The Labute approximate surface area is 201 Å². The van der Waals surface area contributed by atoms with E-state index in [-0.39, 0.29) is 31.0 Å². The van der Waals surface area contributed by atoms with Crippen LogP contribution < -0.4 is 10.6 Å². The third kappa shape index (κ3) is 5.43. The molecule has 0 radical (unpaired) electrons. The zero-order valence-corrected chi connectivity index (χ0v) is 20.3. The minimum Gasteiger partial charge on any atom is -0.334 e. The van der Waals surface area contributed by atoms with Crippen molar-refractivity contribution in [2.45, 2.75) is 68.3 Å². The first-order valence-corrected chi connectivity index (χ1v) is 13.7. The number of carbonyl (C=O) groups excluding carboxylic acids is 3. The van der Waals surface area contributed by atoms with E-state index in [0.717, 1.165) is 50.4 Å². The average molecular weight is 491 g/mol. The summed E-state index contributed by atoms with van der Waals surface area (Å²) < 4.78 is 28.0. The number of hydrogen-bond acceptors (Lipinski definition) is 5. The molecule has 0 spiro atoms. The van der Waals surface area contributed by atoms with Gasteiger partial charge in [0.05, 0.1) is 17.5 Å². The van der Waals surface area contributed by atoms with Crippen LogP contribution >= 0.6 is 0 Å². The number of fused-ring (bicyclic) bond motifs is 1. The summed E-state index contributed by atoms with van der Waals surface area (Å²) in [5, 5.41) is 5.59. The van der Waals surface area contributed by atoms with Crippen LogP contribution in [0.2, 0.25) is 0 Å². The Morgan fingerprint density at radius 1 is 1.06 bits per heavy atom. The van der Waals surface area contributed by atoms with Gasteiger partial charge in [-0.05, 0) is 49.7 Å². The van der Waals surface area contributed by atoms with E-state index < -0.39 is 22.1 Å². The van der Waals surface area contributed by atoms with Gasteiger partial charge in [-0.15, -0.1) is 0 Å². The fourth-order valence-corrected chi connectivity index (χ4v) is 7.16. The highest BCUT2D eigenvalue weighted by atomic mass is 32.2. The van der Waals surface area contributed by atoms with Crippen molar-refractivity contribution in [2.75, 3.05) is 26.2 Å². The SMILES string of the molecule is O=CC1CCCN1C(=O)CNC(=O)NC(CN1CCc2ccccc2S1(=O)=O)C1CCCCC1. The molecule has 1 aliphatic carbocycles. The number of urea groups is 1. The first-order chi connectivity index (χ1) is 16.4. The van der Waals surface area contributed by atoms with E-state index in [2.05, 4.69) is 10.6 Å². The quantitative estimate of drug-likeness (QED) is 0.564. The Bertz CT molecular complexity index is 1010. The molecule has 2 N–H and O–H groups in total. The number of nitrogens with zero attached hydrogens (tertiary/aromatic N) is 2. The summed E-state index contributed by atoms with van der Waals surface area (Å²) in [5.41, 5.74) is 0.827. The highest BCUT2D eigenvalue weighted by Crippen LogP contribution is 2.30. The Hall–Kier alpha value is -2.46. The predicted molar refractivity (Wildman–Crippen MR) is 127 cm³/mol. The minimum absolute atomic E-state index is 0.181. The lowest BCUT2D eigenvalue weighted by Gasteiger charge is -2.36. The summed E-state index contributed by atoms with van der Waals surface area (Å²) in [4.78, 5) is 38.2. The summed E-state index contributed by atoms with van der Waals surface area (Å²) >= 11 is 0. The summed E-state index contributed by atoms with van der Waals surface area (Å²) in [6, 6.07) is 5.83. The fraction of sp³-hybridized carbons (Fsp3) is 0.625. The van der Waals surface area contributed by atoms with Gasteiger partial charge in [0.25, 0.3) is 0 Å². The van der Waals surface area contributed by atoms with Crippen LogP contribution in [-0.2, 0) is 26.0 Å². The van der Waals surface area contributed by atoms with Gasteiger partial charge in [-0.1, -0.05) is 37.5 Å². The minimum atomic E-state index is -3.63. The summed E-state index contributed by atoms with van der Waals surface area (Å²) in [7, 11) is -3.63. The summed E-state index contributed by atoms with van der Waals surface area (Å²) in [6.07, 6.45) is 7.97. The second-order valence-electron chi connectivity index (χ2n) is 9.49. The predicted octanol–water partition coefficient (Wildman–Crippen LogP) is 1.67. The molecule has 4 rings (SSSR count). The third-order valence-electron chi connectivity index (χ3n) is 7.33. The summed E-state index contributed by atoms with van der Waals surface area (Å²) in [5.74, 6) is -0.102. The lowest BCUT2D eigenvalue weighted by molar-refractivity contribution is -0.133. The third-order valence-corrected chi connectivity index (χ3v) is 9.30. The van der Waals surface area contributed by atoms with Crippen molar-refractivity contribution in [1.82, 2.24) is 19.8 Å². The maximum Gasteiger partial charge on any atom is 0.315 e. The maximum absolute atomic E-state index is 13.2. The highest BCUT2D eigenvalue weighted by molar-refractivity contribution is 7.89. The normalized spacial score (nSPS) is 23.6. The number of likely N-dealkylation sites (tertiary alicyclic amines) is 1. The van der Waals surface area contributed by atoms with Crippen molar-refractivity contribution < 1.29 is 22.8 Å². The van der Waals surface area contributed by atoms with Gasteiger partial charge in [-0.2, -0.15) is 4.31 Å². The fourth-order valence-electron chi connectivity index (χ4n) is 5.44. The molecule has 1 aromatic carbocycles. The molecule has 1 saturated heterocycles. The smallest absolute Gasteiger partial charge is 0.315 e. The topological polar surface area (TPSA) is 116 Å². The molecule has 2 heterocycles. The lowest BCUT2D eigenvalue weighted by atomic mass is 9.84. The van der Waals surface area contributed by atoms with E-state index >= 15 is 0 Å². The second-order valence-corrected chi connectivity index (χ2v) is 11.4. The zero-order valence-electron chi connectivity index (χ0n) is 19.4. The monoisotopic (exact) mass is 490 g/mol. The Balaban J connectivity index is 1.41. The van der Waals surface area contributed by atoms with Gasteiger partial charge in [-0.25, -0.2) is 13.2 Å². The molecule has 3 aliphatic rings. The van der Waals surface area contributed by atoms with E-state index in [1.54, 1.807) is 12.1 Å². The second kappa shape index (κ2) is 10.9. The number of carbonyl (C=O) groups is 3.